The summed E-state index contributed by atoms with van der Waals surface area (Å²) in [4.78, 5) is 15.5. The fourth-order valence-corrected chi connectivity index (χ4v) is 2.39. The van der Waals surface area contributed by atoms with Crippen molar-refractivity contribution in [3.63, 3.8) is 0 Å². The summed E-state index contributed by atoms with van der Waals surface area (Å²) in [5.74, 6) is -0.509. The van der Waals surface area contributed by atoms with Gasteiger partial charge in [0.05, 0.1) is 16.6 Å². The highest BCUT2D eigenvalue weighted by atomic mass is 19.1. The van der Waals surface area contributed by atoms with Crippen LogP contribution in [-0.2, 0) is 6.54 Å². The van der Waals surface area contributed by atoms with Gasteiger partial charge in [-0.3, -0.25) is 0 Å². The number of halogens is 1. The number of carboxylic acid groups (broad SMARTS) is 1. The average molecular weight is 284 g/mol. The number of hydrogen-bond donors (Lipinski definition) is 1. The molecule has 4 nitrogen and oxygen atoms in total. The minimum atomic E-state index is -0.979. The first-order chi connectivity index (χ1) is 10.0. The Bertz CT molecular complexity index is 839. The Morgan fingerprint density at radius 2 is 2.10 bits per heavy atom. The lowest BCUT2D eigenvalue weighted by atomic mass is 10.2. The molecule has 0 radical (unpaired) electrons. The van der Waals surface area contributed by atoms with Crippen LogP contribution in [0.25, 0.3) is 11.0 Å². The standard InChI is InChI=1S/C16H13FN2O2/c1-10-18-14-6-5-12(16(20)21)8-15(14)19(10)9-11-3-2-4-13(17)7-11/h2-8H,9H2,1H3,(H,20,21). The van der Waals surface area contributed by atoms with Gasteiger partial charge in [0.25, 0.3) is 0 Å². The van der Waals surface area contributed by atoms with Gasteiger partial charge in [0.1, 0.15) is 11.6 Å². The van der Waals surface area contributed by atoms with Crippen molar-refractivity contribution >= 4 is 17.0 Å². The van der Waals surface area contributed by atoms with E-state index in [9.17, 15) is 9.18 Å². The van der Waals surface area contributed by atoms with E-state index in [0.717, 1.165) is 22.4 Å². The normalized spacial score (nSPS) is 11.0. The van der Waals surface area contributed by atoms with Crippen molar-refractivity contribution in [2.45, 2.75) is 13.5 Å². The van der Waals surface area contributed by atoms with Crippen LogP contribution >= 0.6 is 0 Å². The van der Waals surface area contributed by atoms with E-state index >= 15 is 0 Å². The zero-order chi connectivity index (χ0) is 15.0. The maximum Gasteiger partial charge on any atom is 0.335 e. The van der Waals surface area contributed by atoms with Gasteiger partial charge in [-0.25, -0.2) is 14.2 Å². The molecular weight excluding hydrogens is 271 g/mol. The molecule has 21 heavy (non-hydrogen) atoms. The van der Waals surface area contributed by atoms with Crippen LogP contribution < -0.4 is 0 Å². The molecule has 0 aliphatic carbocycles. The molecule has 0 saturated heterocycles. The molecular formula is C16H13FN2O2. The van der Waals surface area contributed by atoms with Crippen molar-refractivity contribution in [2.24, 2.45) is 0 Å². The largest absolute Gasteiger partial charge is 0.478 e. The van der Waals surface area contributed by atoms with Crippen molar-refractivity contribution in [2.75, 3.05) is 0 Å². The monoisotopic (exact) mass is 284 g/mol. The zero-order valence-electron chi connectivity index (χ0n) is 11.4. The van der Waals surface area contributed by atoms with Crippen LogP contribution in [-0.4, -0.2) is 20.6 Å². The molecule has 5 heteroatoms. The maximum absolute atomic E-state index is 13.3. The molecule has 0 fully saturated rings. The van der Waals surface area contributed by atoms with Gasteiger partial charge >= 0.3 is 5.97 Å². The average Bonchev–Trinajstić information content (AvgIpc) is 2.74. The van der Waals surface area contributed by atoms with E-state index in [4.69, 9.17) is 5.11 Å². The number of hydrogen-bond acceptors (Lipinski definition) is 2. The first kappa shape index (κ1) is 13.3. The maximum atomic E-state index is 13.3. The van der Waals surface area contributed by atoms with Crippen molar-refractivity contribution in [1.82, 2.24) is 9.55 Å². The number of aromatic carboxylic acids is 1. The lowest BCUT2D eigenvalue weighted by Crippen LogP contribution is -2.03. The van der Waals surface area contributed by atoms with Crippen LogP contribution in [0.5, 0.6) is 0 Å². The summed E-state index contributed by atoms with van der Waals surface area (Å²) < 4.78 is 15.2. The number of aromatic nitrogens is 2. The Balaban J connectivity index is 2.10. The van der Waals surface area contributed by atoms with E-state index in [2.05, 4.69) is 4.98 Å². The number of carbonyl (C=O) groups is 1. The molecule has 0 amide bonds. The summed E-state index contributed by atoms with van der Waals surface area (Å²) >= 11 is 0. The Hall–Kier alpha value is -2.69. The van der Waals surface area contributed by atoms with Crippen LogP contribution in [0.1, 0.15) is 21.7 Å². The molecule has 0 bridgehead atoms. The SMILES string of the molecule is Cc1nc2ccc(C(=O)O)cc2n1Cc1cccc(F)c1. The highest BCUT2D eigenvalue weighted by molar-refractivity contribution is 5.92. The summed E-state index contributed by atoms with van der Waals surface area (Å²) in [6.45, 7) is 2.29. The lowest BCUT2D eigenvalue weighted by Gasteiger charge is -2.07. The third kappa shape index (κ3) is 2.50. The van der Waals surface area contributed by atoms with Gasteiger partial charge in [-0.15, -0.1) is 0 Å². The van der Waals surface area contributed by atoms with Gasteiger partial charge in [-0.05, 0) is 42.8 Å². The van der Waals surface area contributed by atoms with Gasteiger partial charge < -0.3 is 9.67 Å². The summed E-state index contributed by atoms with van der Waals surface area (Å²) in [6, 6.07) is 11.2. The third-order valence-electron chi connectivity index (χ3n) is 3.42. The molecule has 2 aromatic carbocycles. The lowest BCUT2D eigenvalue weighted by molar-refractivity contribution is 0.0697. The van der Waals surface area contributed by atoms with Gasteiger partial charge in [-0.2, -0.15) is 0 Å². The molecule has 0 aliphatic heterocycles. The summed E-state index contributed by atoms with van der Waals surface area (Å²) in [7, 11) is 0. The highest BCUT2D eigenvalue weighted by Crippen LogP contribution is 2.19. The Morgan fingerprint density at radius 3 is 2.81 bits per heavy atom. The van der Waals surface area contributed by atoms with Gasteiger partial charge in [0.2, 0.25) is 0 Å². The number of aryl methyl sites for hydroxylation is 1. The van der Waals surface area contributed by atoms with E-state index in [1.165, 1.54) is 18.2 Å². The number of imidazole rings is 1. The molecule has 0 spiro atoms. The number of rotatable bonds is 3. The quantitative estimate of drug-likeness (QED) is 0.803. The predicted molar refractivity (Wildman–Crippen MR) is 76.9 cm³/mol. The fourth-order valence-electron chi connectivity index (χ4n) is 2.39. The second-order valence-electron chi connectivity index (χ2n) is 4.88. The smallest absolute Gasteiger partial charge is 0.335 e. The van der Waals surface area contributed by atoms with Gasteiger partial charge in [-0.1, -0.05) is 12.1 Å². The molecule has 0 unspecified atom stereocenters. The first-order valence-electron chi connectivity index (χ1n) is 6.49. The fraction of sp³-hybridized carbons (Fsp3) is 0.125. The van der Waals surface area contributed by atoms with Crippen molar-refractivity contribution in [3.05, 3.63) is 65.2 Å². The second kappa shape index (κ2) is 5.01. The van der Waals surface area contributed by atoms with Crippen LogP contribution in [0.4, 0.5) is 4.39 Å². The number of carboxylic acids is 1. The van der Waals surface area contributed by atoms with Crippen LogP contribution in [0, 0.1) is 12.7 Å². The predicted octanol–water partition coefficient (Wildman–Crippen LogP) is 3.23. The van der Waals surface area contributed by atoms with Crippen molar-refractivity contribution in [1.29, 1.82) is 0 Å². The van der Waals surface area contributed by atoms with Crippen LogP contribution in [0.15, 0.2) is 42.5 Å². The molecule has 0 aliphatic rings. The third-order valence-corrected chi connectivity index (χ3v) is 3.42. The summed E-state index contributed by atoms with van der Waals surface area (Å²) in [5, 5.41) is 9.09. The van der Waals surface area contributed by atoms with Gasteiger partial charge in [0, 0.05) is 6.54 Å². The van der Waals surface area contributed by atoms with E-state index in [1.54, 1.807) is 18.2 Å². The molecule has 0 atom stereocenters. The highest BCUT2D eigenvalue weighted by Gasteiger charge is 2.11. The molecule has 106 valence electrons. The Labute approximate surface area is 120 Å². The molecule has 1 aromatic heterocycles. The second-order valence-corrected chi connectivity index (χ2v) is 4.88. The Morgan fingerprint density at radius 1 is 1.29 bits per heavy atom. The van der Waals surface area contributed by atoms with E-state index in [1.807, 2.05) is 17.6 Å². The number of nitrogens with zero attached hydrogens (tertiary/aromatic N) is 2. The number of benzene rings is 2. The molecule has 3 rings (SSSR count). The molecule has 0 saturated carbocycles. The number of fused-ring (bicyclic) bond motifs is 1. The van der Waals surface area contributed by atoms with E-state index in [0.29, 0.717) is 6.54 Å². The minimum Gasteiger partial charge on any atom is -0.478 e. The zero-order valence-corrected chi connectivity index (χ0v) is 11.4. The van der Waals surface area contributed by atoms with E-state index < -0.39 is 5.97 Å². The Kier molecular flexibility index (Phi) is 3.17. The summed E-state index contributed by atoms with van der Waals surface area (Å²) in [5.41, 5.74) is 2.48. The van der Waals surface area contributed by atoms with Crippen LogP contribution in [0.3, 0.4) is 0 Å². The van der Waals surface area contributed by atoms with Crippen LogP contribution in [0.2, 0.25) is 0 Å². The van der Waals surface area contributed by atoms with E-state index in [-0.39, 0.29) is 11.4 Å². The van der Waals surface area contributed by atoms with Crippen molar-refractivity contribution in [3.8, 4) is 0 Å². The molecule has 3 aromatic rings. The summed E-state index contributed by atoms with van der Waals surface area (Å²) in [6.07, 6.45) is 0. The minimum absolute atomic E-state index is 0.211. The molecule has 1 N–H and O–H groups in total. The first-order valence-corrected chi connectivity index (χ1v) is 6.49. The van der Waals surface area contributed by atoms with Gasteiger partial charge in [0.15, 0.2) is 0 Å². The van der Waals surface area contributed by atoms with Crippen molar-refractivity contribution < 1.29 is 14.3 Å². The molecule has 1 heterocycles. The topological polar surface area (TPSA) is 55.1 Å².